The summed E-state index contributed by atoms with van der Waals surface area (Å²) in [6.07, 6.45) is 4.88. The van der Waals surface area contributed by atoms with Gasteiger partial charge in [-0.15, -0.1) is 0 Å². The summed E-state index contributed by atoms with van der Waals surface area (Å²) in [5.41, 5.74) is 0.576. The standard InChI is InChI=1S/C12H16N2O/c1-12(2,3)14-11(15)8-7-10-6-4-5-9-13-10/h4-9H,1-3H3,(H,14,15)/b8-7+. The van der Waals surface area contributed by atoms with Gasteiger partial charge in [0.25, 0.3) is 0 Å². The second kappa shape index (κ2) is 4.73. The number of pyridine rings is 1. The molecule has 0 atom stereocenters. The van der Waals surface area contributed by atoms with E-state index in [-0.39, 0.29) is 11.4 Å². The molecule has 0 unspecified atom stereocenters. The van der Waals surface area contributed by atoms with Crippen molar-refractivity contribution >= 4 is 12.0 Å². The van der Waals surface area contributed by atoms with Crippen molar-refractivity contribution in [3.05, 3.63) is 36.2 Å². The molecule has 0 saturated heterocycles. The van der Waals surface area contributed by atoms with E-state index in [1.165, 1.54) is 6.08 Å². The van der Waals surface area contributed by atoms with E-state index in [1.54, 1.807) is 12.3 Å². The maximum Gasteiger partial charge on any atom is 0.244 e. The first kappa shape index (κ1) is 11.4. The van der Waals surface area contributed by atoms with Gasteiger partial charge in [0.05, 0.1) is 5.69 Å². The number of hydrogen-bond donors (Lipinski definition) is 1. The van der Waals surface area contributed by atoms with E-state index in [1.807, 2.05) is 39.0 Å². The van der Waals surface area contributed by atoms with Crippen LogP contribution in [0.2, 0.25) is 0 Å². The van der Waals surface area contributed by atoms with Gasteiger partial charge in [0, 0.05) is 17.8 Å². The van der Waals surface area contributed by atoms with E-state index in [0.29, 0.717) is 0 Å². The number of amides is 1. The summed E-state index contributed by atoms with van der Waals surface area (Å²) in [7, 11) is 0. The second-order valence-electron chi connectivity index (χ2n) is 4.33. The summed E-state index contributed by atoms with van der Waals surface area (Å²) < 4.78 is 0. The Balaban J connectivity index is 2.56. The van der Waals surface area contributed by atoms with Crippen molar-refractivity contribution in [3.8, 4) is 0 Å². The van der Waals surface area contributed by atoms with E-state index in [4.69, 9.17) is 0 Å². The summed E-state index contributed by atoms with van der Waals surface area (Å²) in [5.74, 6) is -0.104. The molecule has 0 aliphatic heterocycles. The van der Waals surface area contributed by atoms with Crippen molar-refractivity contribution < 1.29 is 4.79 Å². The molecule has 1 rings (SSSR count). The van der Waals surface area contributed by atoms with Gasteiger partial charge in [-0.2, -0.15) is 0 Å². The fraction of sp³-hybridized carbons (Fsp3) is 0.333. The normalized spacial score (nSPS) is 11.7. The molecule has 1 amide bonds. The number of nitrogens with zero attached hydrogens (tertiary/aromatic N) is 1. The lowest BCUT2D eigenvalue weighted by Crippen LogP contribution is -2.39. The highest BCUT2D eigenvalue weighted by molar-refractivity contribution is 5.91. The highest BCUT2D eigenvalue weighted by Gasteiger charge is 2.10. The molecule has 1 aromatic rings. The van der Waals surface area contributed by atoms with Crippen molar-refractivity contribution in [1.82, 2.24) is 10.3 Å². The lowest BCUT2D eigenvalue weighted by molar-refractivity contribution is -0.117. The molecule has 0 saturated carbocycles. The van der Waals surface area contributed by atoms with Gasteiger partial charge in [0.2, 0.25) is 5.91 Å². The smallest absolute Gasteiger partial charge is 0.244 e. The van der Waals surface area contributed by atoms with Crippen LogP contribution in [0.1, 0.15) is 26.5 Å². The van der Waals surface area contributed by atoms with Crippen molar-refractivity contribution in [2.75, 3.05) is 0 Å². The Morgan fingerprint density at radius 1 is 1.40 bits per heavy atom. The molecule has 0 radical (unpaired) electrons. The van der Waals surface area contributed by atoms with E-state index >= 15 is 0 Å². The minimum Gasteiger partial charge on any atom is -0.348 e. The third-order valence-corrected chi connectivity index (χ3v) is 1.59. The molecule has 1 heterocycles. The van der Waals surface area contributed by atoms with Crippen LogP contribution in [-0.2, 0) is 4.79 Å². The van der Waals surface area contributed by atoms with Crippen LogP contribution in [0.4, 0.5) is 0 Å². The Morgan fingerprint density at radius 2 is 2.13 bits per heavy atom. The molecule has 80 valence electrons. The minimum absolute atomic E-state index is 0.104. The number of rotatable bonds is 2. The van der Waals surface area contributed by atoms with E-state index in [2.05, 4.69) is 10.3 Å². The van der Waals surface area contributed by atoms with Gasteiger partial charge in [-0.25, -0.2) is 0 Å². The van der Waals surface area contributed by atoms with Crippen molar-refractivity contribution in [2.45, 2.75) is 26.3 Å². The molecule has 1 N–H and O–H groups in total. The molecule has 0 aliphatic carbocycles. The Kier molecular flexibility index (Phi) is 3.61. The van der Waals surface area contributed by atoms with Crippen LogP contribution in [0.25, 0.3) is 6.08 Å². The lowest BCUT2D eigenvalue weighted by Gasteiger charge is -2.18. The number of carbonyl (C=O) groups excluding carboxylic acids is 1. The van der Waals surface area contributed by atoms with Crippen molar-refractivity contribution in [1.29, 1.82) is 0 Å². The Bertz CT molecular complexity index is 350. The molecule has 0 spiro atoms. The van der Waals surface area contributed by atoms with E-state index < -0.39 is 0 Å². The lowest BCUT2D eigenvalue weighted by atomic mass is 10.1. The average molecular weight is 204 g/mol. The van der Waals surface area contributed by atoms with Crippen LogP contribution < -0.4 is 5.32 Å². The summed E-state index contributed by atoms with van der Waals surface area (Å²) in [5, 5.41) is 2.84. The van der Waals surface area contributed by atoms with Crippen LogP contribution in [0.15, 0.2) is 30.5 Å². The maximum atomic E-state index is 11.4. The molecule has 0 aliphatic rings. The zero-order chi connectivity index (χ0) is 11.3. The van der Waals surface area contributed by atoms with Gasteiger partial charge in [-0.3, -0.25) is 9.78 Å². The van der Waals surface area contributed by atoms with Crippen molar-refractivity contribution in [2.24, 2.45) is 0 Å². The fourth-order valence-electron chi connectivity index (χ4n) is 1.05. The molecule has 3 nitrogen and oxygen atoms in total. The zero-order valence-corrected chi connectivity index (χ0v) is 9.32. The largest absolute Gasteiger partial charge is 0.348 e. The van der Waals surface area contributed by atoms with Gasteiger partial charge in [-0.1, -0.05) is 6.07 Å². The van der Waals surface area contributed by atoms with Gasteiger partial charge >= 0.3 is 0 Å². The SMILES string of the molecule is CC(C)(C)NC(=O)/C=C/c1ccccn1. The number of hydrogen-bond acceptors (Lipinski definition) is 2. The van der Waals surface area contributed by atoms with E-state index in [0.717, 1.165) is 5.69 Å². The second-order valence-corrected chi connectivity index (χ2v) is 4.33. The van der Waals surface area contributed by atoms with Gasteiger partial charge < -0.3 is 5.32 Å². The number of carbonyl (C=O) groups is 1. The molecule has 0 bridgehead atoms. The Morgan fingerprint density at radius 3 is 2.67 bits per heavy atom. The first-order valence-corrected chi connectivity index (χ1v) is 4.89. The minimum atomic E-state index is -0.203. The zero-order valence-electron chi connectivity index (χ0n) is 9.32. The average Bonchev–Trinajstić information content (AvgIpc) is 2.14. The van der Waals surface area contributed by atoms with Gasteiger partial charge in [0.15, 0.2) is 0 Å². The van der Waals surface area contributed by atoms with Crippen LogP contribution in [0.3, 0.4) is 0 Å². The molecule has 0 fully saturated rings. The third-order valence-electron chi connectivity index (χ3n) is 1.59. The Labute approximate surface area is 90.2 Å². The Hall–Kier alpha value is -1.64. The van der Waals surface area contributed by atoms with Crippen LogP contribution >= 0.6 is 0 Å². The van der Waals surface area contributed by atoms with Crippen LogP contribution in [0, 0.1) is 0 Å². The van der Waals surface area contributed by atoms with Gasteiger partial charge in [0.1, 0.15) is 0 Å². The monoisotopic (exact) mass is 204 g/mol. The molecule has 0 aromatic carbocycles. The number of nitrogens with one attached hydrogen (secondary N) is 1. The van der Waals surface area contributed by atoms with Crippen LogP contribution in [0.5, 0.6) is 0 Å². The first-order valence-electron chi connectivity index (χ1n) is 4.89. The molecule has 3 heteroatoms. The van der Waals surface area contributed by atoms with Crippen molar-refractivity contribution in [3.63, 3.8) is 0 Å². The quantitative estimate of drug-likeness (QED) is 0.749. The van der Waals surface area contributed by atoms with Gasteiger partial charge in [-0.05, 0) is 39.0 Å². The summed E-state index contributed by atoms with van der Waals surface area (Å²) in [6, 6.07) is 5.57. The number of aromatic nitrogens is 1. The van der Waals surface area contributed by atoms with Crippen LogP contribution in [-0.4, -0.2) is 16.4 Å². The first-order chi connectivity index (χ1) is 6.97. The maximum absolute atomic E-state index is 11.4. The third kappa shape index (κ3) is 4.96. The predicted octanol–water partition coefficient (Wildman–Crippen LogP) is 2.01. The molecule has 15 heavy (non-hydrogen) atoms. The summed E-state index contributed by atoms with van der Waals surface area (Å²) >= 11 is 0. The highest BCUT2D eigenvalue weighted by atomic mass is 16.1. The highest BCUT2D eigenvalue weighted by Crippen LogP contribution is 2.00. The predicted molar refractivity (Wildman–Crippen MR) is 61.2 cm³/mol. The fourth-order valence-corrected chi connectivity index (χ4v) is 1.05. The molecule has 1 aromatic heterocycles. The molecular formula is C12H16N2O. The summed E-state index contributed by atoms with van der Waals surface area (Å²) in [6.45, 7) is 5.83. The summed E-state index contributed by atoms with van der Waals surface area (Å²) in [4.78, 5) is 15.5. The topological polar surface area (TPSA) is 42.0 Å². The molecular weight excluding hydrogens is 188 g/mol. The van der Waals surface area contributed by atoms with E-state index in [9.17, 15) is 4.79 Å².